The van der Waals surface area contributed by atoms with Crippen molar-refractivity contribution in [1.29, 1.82) is 0 Å². The second kappa shape index (κ2) is 7.76. The van der Waals surface area contributed by atoms with Gasteiger partial charge in [-0.25, -0.2) is 4.79 Å². The number of carbonyl (C=O) groups excluding carboxylic acids is 4. The predicted molar refractivity (Wildman–Crippen MR) is 123 cm³/mol. The Balaban J connectivity index is 1.32. The Kier molecular flexibility index (Phi) is 4.80. The van der Waals surface area contributed by atoms with Crippen molar-refractivity contribution in [3.05, 3.63) is 77.9 Å². The van der Waals surface area contributed by atoms with Crippen molar-refractivity contribution in [2.45, 2.75) is 25.8 Å². The molecule has 0 aromatic heterocycles. The number of ether oxygens (including phenoxy) is 1. The SMILES string of the molecule is CC(=O)c1cccc(OC(=O)[C@@H](Cc2ccccc2)N2C(=O)[C@@H]3[C@@H]4C=C[C@H]([C@H]5C[C@H]45)[C@@H]3C2=O)c1. The molecule has 0 spiro atoms. The molecule has 2 aromatic carbocycles. The molecule has 0 radical (unpaired) electrons. The minimum Gasteiger partial charge on any atom is -0.425 e. The van der Waals surface area contributed by atoms with Gasteiger partial charge in [0.05, 0.1) is 11.8 Å². The first-order valence-electron chi connectivity index (χ1n) is 11.9. The molecule has 3 fully saturated rings. The lowest BCUT2D eigenvalue weighted by Crippen LogP contribution is -2.48. The number of hydrogen-bond acceptors (Lipinski definition) is 5. The van der Waals surface area contributed by atoms with Crippen molar-refractivity contribution in [3.8, 4) is 5.75 Å². The fourth-order valence-electron chi connectivity index (χ4n) is 6.37. The molecular formula is C28H25NO5. The number of carbonyl (C=O) groups is 4. The third-order valence-electron chi connectivity index (χ3n) is 8.01. The maximum Gasteiger partial charge on any atom is 0.335 e. The summed E-state index contributed by atoms with van der Waals surface area (Å²) in [4.78, 5) is 53.7. The highest BCUT2D eigenvalue weighted by molar-refractivity contribution is 6.09. The molecule has 34 heavy (non-hydrogen) atoms. The third kappa shape index (κ3) is 3.23. The highest BCUT2D eigenvalue weighted by Crippen LogP contribution is 2.65. The molecule has 4 aliphatic carbocycles. The molecule has 2 saturated carbocycles. The van der Waals surface area contributed by atoms with E-state index in [0.717, 1.165) is 12.0 Å². The summed E-state index contributed by atoms with van der Waals surface area (Å²) >= 11 is 0. The van der Waals surface area contributed by atoms with E-state index in [2.05, 4.69) is 12.2 Å². The van der Waals surface area contributed by atoms with Crippen LogP contribution in [0.4, 0.5) is 0 Å². The summed E-state index contributed by atoms with van der Waals surface area (Å²) in [5.41, 5.74) is 1.26. The van der Waals surface area contributed by atoms with Crippen molar-refractivity contribution in [3.63, 3.8) is 0 Å². The number of ketones is 1. The lowest BCUT2D eigenvalue weighted by Gasteiger charge is -2.37. The minimum atomic E-state index is -1.07. The zero-order chi connectivity index (χ0) is 23.6. The number of allylic oxidation sites excluding steroid dienone is 2. The van der Waals surface area contributed by atoms with Crippen LogP contribution in [-0.4, -0.2) is 34.5 Å². The number of hydrogen-bond donors (Lipinski definition) is 0. The molecule has 1 saturated heterocycles. The molecule has 2 bridgehead atoms. The van der Waals surface area contributed by atoms with Gasteiger partial charge in [-0.15, -0.1) is 0 Å². The number of amides is 2. The standard InChI is InChI=1S/C28H25NO5/c1-15(30)17-8-5-9-18(13-17)34-28(33)23(12-16-6-3-2-4-7-16)29-26(31)24-19-10-11-20(22-14-21(19)22)25(24)27(29)32/h2-11,13,19-25H,12,14H2,1H3/t19-,20-,21-,22-,23-,24-,25+/m1/s1. The van der Waals surface area contributed by atoms with E-state index in [1.54, 1.807) is 18.2 Å². The van der Waals surface area contributed by atoms with Crippen LogP contribution >= 0.6 is 0 Å². The van der Waals surface area contributed by atoms with E-state index >= 15 is 0 Å². The summed E-state index contributed by atoms with van der Waals surface area (Å²) in [6, 6.07) is 14.7. The Hall–Kier alpha value is -3.54. The van der Waals surface area contributed by atoms with Gasteiger partial charge < -0.3 is 4.74 Å². The first-order valence-corrected chi connectivity index (χ1v) is 11.9. The Morgan fingerprint density at radius 1 is 0.941 bits per heavy atom. The maximum atomic E-state index is 13.7. The smallest absolute Gasteiger partial charge is 0.335 e. The average molecular weight is 456 g/mol. The fraction of sp³-hybridized carbons (Fsp3) is 0.357. The van der Waals surface area contributed by atoms with E-state index < -0.39 is 12.0 Å². The molecular weight excluding hydrogens is 430 g/mol. The van der Waals surface area contributed by atoms with Crippen LogP contribution in [0.1, 0.15) is 29.3 Å². The average Bonchev–Trinajstić information content (AvgIpc) is 3.62. The first kappa shape index (κ1) is 21.0. The van der Waals surface area contributed by atoms with Gasteiger partial charge in [-0.3, -0.25) is 19.3 Å². The molecule has 2 amide bonds. The van der Waals surface area contributed by atoms with Crippen molar-refractivity contribution in [1.82, 2.24) is 4.90 Å². The lowest BCUT2D eigenvalue weighted by atomic mass is 9.63. The summed E-state index contributed by atoms with van der Waals surface area (Å²) in [5, 5.41) is 0. The Bertz CT molecular complexity index is 1200. The first-order chi connectivity index (χ1) is 16.4. The molecule has 6 nitrogen and oxygen atoms in total. The van der Waals surface area contributed by atoms with Crippen LogP contribution in [-0.2, 0) is 20.8 Å². The highest BCUT2D eigenvalue weighted by Gasteiger charge is 2.68. The van der Waals surface area contributed by atoms with Gasteiger partial charge in [0.15, 0.2) is 5.78 Å². The monoisotopic (exact) mass is 455 g/mol. The van der Waals surface area contributed by atoms with Crippen LogP contribution in [0.3, 0.4) is 0 Å². The van der Waals surface area contributed by atoms with Crippen LogP contribution in [0.5, 0.6) is 5.75 Å². The van der Waals surface area contributed by atoms with Gasteiger partial charge in [-0.1, -0.05) is 54.6 Å². The number of Topliss-reactive ketones (excluding diaryl/α,β-unsaturated/α-hetero) is 1. The van der Waals surface area contributed by atoms with Gasteiger partial charge in [0.1, 0.15) is 11.8 Å². The number of rotatable bonds is 6. The molecule has 6 heteroatoms. The van der Waals surface area contributed by atoms with E-state index in [-0.39, 0.29) is 53.4 Å². The zero-order valence-corrected chi connectivity index (χ0v) is 18.8. The van der Waals surface area contributed by atoms with Gasteiger partial charge in [0.2, 0.25) is 11.8 Å². The Labute approximate surface area is 197 Å². The van der Waals surface area contributed by atoms with Crippen LogP contribution < -0.4 is 4.74 Å². The maximum absolute atomic E-state index is 13.7. The number of likely N-dealkylation sites (tertiary alicyclic amines) is 1. The highest BCUT2D eigenvalue weighted by atomic mass is 16.5. The summed E-state index contributed by atoms with van der Waals surface area (Å²) < 4.78 is 5.65. The Morgan fingerprint density at radius 2 is 1.59 bits per heavy atom. The van der Waals surface area contributed by atoms with Gasteiger partial charge >= 0.3 is 5.97 Å². The van der Waals surface area contributed by atoms with Crippen molar-refractivity contribution in [2.24, 2.45) is 35.5 Å². The molecule has 7 rings (SSSR count). The molecule has 172 valence electrons. The number of nitrogens with zero attached hydrogens (tertiary/aromatic N) is 1. The Morgan fingerprint density at radius 3 is 2.21 bits per heavy atom. The molecule has 5 aliphatic rings. The fourth-order valence-corrected chi connectivity index (χ4v) is 6.37. The number of esters is 1. The summed E-state index contributed by atoms with van der Waals surface area (Å²) in [5.74, 6) is -0.713. The van der Waals surface area contributed by atoms with E-state index in [1.807, 2.05) is 30.3 Å². The van der Waals surface area contributed by atoms with Gasteiger partial charge in [0.25, 0.3) is 0 Å². The molecule has 1 aliphatic heterocycles. The second-order valence-corrected chi connectivity index (χ2v) is 9.91. The van der Waals surface area contributed by atoms with Crippen LogP contribution in [0, 0.1) is 35.5 Å². The number of benzene rings is 2. The van der Waals surface area contributed by atoms with E-state index in [9.17, 15) is 19.2 Å². The normalized spacial score (nSPS) is 31.1. The third-order valence-corrected chi connectivity index (χ3v) is 8.01. The quantitative estimate of drug-likeness (QED) is 0.219. The summed E-state index contributed by atoms with van der Waals surface area (Å²) in [6.07, 6.45) is 5.50. The van der Waals surface area contributed by atoms with Crippen LogP contribution in [0.25, 0.3) is 0 Å². The van der Waals surface area contributed by atoms with Gasteiger partial charge in [-0.05, 0) is 54.7 Å². The summed E-state index contributed by atoms with van der Waals surface area (Å²) in [6.45, 7) is 1.44. The molecule has 1 heterocycles. The van der Waals surface area contributed by atoms with Crippen LogP contribution in [0.2, 0.25) is 0 Å². The lowest BCUT2D eigenvalue weighted by molar-refractivity contribution is -0.153. The zero-order valence-electron chi connectivity index (χ0n) is 18.8. The van der Waals surface area contributed by atoms with Gasteiger partial charge in [-0.2, -0.15) is 0 Å². The second-order valence-electron chi connectivity index (χ2n) is 9.91. The topological polar surface area (TPSA) is 80.8 Å². The van der Waals surface area contributed by atoms with Crippen LogP contribution in [0.15, 0.2) is 66.7 Å². The summed E-state index contributed by atoms with van der Waals surface area (Å²) in [7, 11) is 0. The molecule has 7 atom stereocenters. The molecule has 2 aromatic rings. The molecule has 0 N–H and O–H groups in total. The van der Waals surface area contributed by atoms with Crippen molar-refractivity contribution < 1.29 is 23.9 Å². The molecule has 0 unspecified atom stereocenters. The van der Waals surface area contributed by atoms with E-state index in [0.29, 0.717) is 17.4 Å². The van der Waals surface area contributed by atoms with Crippen molar-refractivity contribution in [2.75, 3.05) is 0 Å². The van der Waals surface area contributed by atoms with E-state index in [4.69, 9.17) is 4.74 Å². The largest absolute Gasteiger partial charge is 0.425 e. The predicted octanol–water partition coefficient (Wildman–Crippen LogP) is 3.46. The minimum absolute atomic E-state index is 0.0853. The van der Waals surface area contributed by atoms with Crippen molar-refractivity contribution >= 4 is 23.6 Å². The van der Waals surface area contributed by atoms with Gasteiger partial charge in [0, 0.05) is 12.0 Å². The number of imide groups is 1. The van der Waals surface area contributed by atoms with E-state index in [1.165, 1.54) is 17.9 Å².